The van der Waals surface area contributed by atoms with Crippen LogP contribution in [0.15, 0.2) is 24.4 Å². The van der Waals surface area contributed by atoms with E-state index in [1.807, 2.05) is 24.4 Å². The molecule has 2 rings (SSSR count). The second-order valence-electron chi connectivity index (χ2n) is 5.70. The number of benzene rings is 1. The van der Waals surface area contributed by atoms with E-state index < -0.39 is 17.9 Å². The number of rotatable bonds is 8. The van der Waals surface area contributed by atoms with Crippen LogP contribution < -0.4 is 5.73 Å². The lowest BCUT2D eigenvalue weighted by Crippen LogP contribution is -2.40. The molecular weight excluding hydrogens is 324 g/mol. The number of nitrogens with one attached hydrogen (secondary N) is 1. The smallest absolute Gasteiger partial charge is 0.323 e. The molecule has 7 nitrogen and oxygen atoms in total. The molecule has 7 heteroatoms. The molecule has 0 aliphatic carbocycles. The summed E-state index contributed by atoms with van der Waals surface area (Å²) in [4.78, 5) is 26.4. The lowest BCUT2D eigenvalue weighted by molar-refractivity contribution is -0.145. The molecule has 0 aliphatic heterocycles. The molecule has 0 radical (unpaired) electrons. The van der Waals surface area contributed by atoms with Crippen molar-refractivity contribution in [3.8, 4) is 0 Å². The van der Waals surface area contributed by atoms with Crippen molar-refractivity contribution < 1.29 is 23.8 Å². The van der Waals surface area contributed by atoms with E-state index >= 15 is 0 Å². The van der Waals surface area contributed by atoms with E-state index in [1.165, 1.54) is 6.92 Å². The highest BCUT2D eigenvalue weighted by Gasteiger charge is 2.30. The third-order valence-electron chi connectivity index (χ3n) is 3.99. The van der Waals surface area contributed by atoms with E-state index in [2.05, 4.69) is 4.98 Å². The number of nitrogens with two attached hydrogens (primary N) is 1. The van der Waals surface area contributed by atoms with Crippen molar-refractivity contribution in [2.75, 3.05) is 20.3 Å². The molecule has 0 fully saturated rings. The minimum Gasteiger partial charge on any atom is -0.465 e. The van der Waals surface area contributed by atoms with Gasteiger partial charge in [-0.2, -0.15) is 0 Å². The van der Waals surface area contributed by atoms with Gasteiger partial charge in [-0.3, -0.25) is 9.59 Å². The molecule has 1 aromatic carbocycles. The molecular formula is C18H24N2O5. The fraction of sp³-hybridized carbons (Fsp3) is 0.444. The highest BCUT2D eigenvalue weighted by atomic mass is 16.5. The summed E-state index contributed by atoms with van der Waals surface area (Å²) >= 11 is 0. The van der Waals surface area contributed by atoms with Gasteiger partial charge in [0.15, 0.2) is 0 Å². The lowest BCUT2D eigenvalue weighted by atomic mass is 9.90. The average Bonchev–Trinajstić information content (AvgIpc) is 3.01. The zero-order valence-corrected chi connectivity index (χ0v) is 14.7. The molecule has 0 saturated heterocycles. The van der Waals surface area contributed by atoms with Crippen LogP contribution >= 0.6 is 0 Å². The summed E-state index contributed by atoms with van der Waals surface area (Å²) in [6.45, 7) is 3.76. The molecule has 2 unspecified atom stereocenters. The van der Waals surface area contributed by atoms with E-state index in [-0.39, 0.29) is 25.8 Å². The fourth-order valence-electron chi connectivity index (χ4n) is 2.85. The van der Waals surface area contributed by atoms with Gasteiger partial charge in [-0.15, -0.1) is 0 Å². The van der Waals surface area contributed by atoms with Gasteiger partial charge in [0, 0.05) is 37.1 Å². The minimum atomic E-state index is -0.860. The van der Waals surface area contributed by atoms with Gasteiger partial charge >= 0.3 is 11.9 Å². The predicted octanol–water partition coefficient (Wildman–Crippen LogP) is 1.85. The Balaban J connectivity index is 2.45. The minimum absolute atomic E-state index is 0.145. The van der Waals surface area contributed by atoms with Crippen LogP contribution in [0.3, 0.4) is 0 Å². The van der Waals surface area contributed by atoms with Crippen LogP contribution in [0.2, 0.25) is 0 Å². The molecule has 1 aromatic heterocycles. The highest BCUT2D eigenvalue weighted by Crippen LogP contribution is 2.31. The van der Waals surface area contributed by atoms with Gasteiger partial charge in [0.05, 0.1) is 13.2 Å². The zero-order valence-electron chi connectivity index (χ0n) is 14.7. The second kappa shape index (κ2) is 8.64. The number of methoxy groups -OCH3 is 1. The topological polar surface area (TPSA) is 104 Å². The first-order valence-electron chi connectivity index (χ1n) is 8.13. The standard InChI is InChI=1S/C18H24N2O5/c1-4-24-18(22)17(19)14(10-23-3)13-8-20-15-7-5-6-12(16(13)15)9-25-11(2)21/h5-8,14,17,20H,4,9-10,19H2,1-3H3. The van der Waals surface area contributed by atoms with Crippen LogP contribution in [-0.2, 0) is 30.4 Å². The Labute approximate surface area is 146 Å². The van der Waals surface area contributed by atoms with Crippen LogP contribution in [0.5, 0.6) is 0 Å². The Morgan fingerprint density at radius 1 is 1.28 bits per heavy atom. The molecule has 2 atom stereocenters. The van der Waals surface area contributed by atoms with Crippen molar-refractivity contribution in [1.82, 2.24) is 4.98 Å². The summed E-state index contributed by atoms with van der Waals surface area (Å²) in [7, 11) is 1.56. The molecule has 0 amide bonds. The van der Waals surface area contributed by atoms with Crippen LogP contribution in [0.1, 0.15) is 30.9 Å². The van der Waals surface area contributed by atoms with Gasteiger partial charge < -0.3 is 24.9 Å². The number of fused-ring (bicyclic) bond motifs is 1. The van der Waals surface area contributed by atoms with Crippen molar-refractivity contribution in [3.05, 3.63) is 35.5 Å². The number of aromatic nitrogens is 1. The molecule has 1 heterocycles. The molecule has 2 aromatic rings. The van der Waals surface area contributed by atoms with Crippen LogP contribution in [0.4, 0.5) is 0 Å². The second-order valence-corrected chi connectivity index (χ2v) is 5.70. The van der Waals surface area contributed by atoms with Crippen molar-refractivity contribution in [3.63, 3.8) is 0 Å². The maximum atomic E-state index is 12.1. The Morgan fingerprint density at radius 2 is 2.04 bits per heavy atom. The Morgan fingerprint density at radius 3 is 2.68 bits per heavy atom. The summed E-state index contributed by atoms with van der Waals surface area (Å²) in [6.07, 6.45) is 1.81. The SMILES string of the molecule is CCOC(=O)C(N)C(COC)c1c[nH]c2cccc(COC(C)=O)c12. The van der Waals surface area contributed by atoms with Gasteiger partial charge in [-0.05, 0) is 24.1 Å². The normalized spacial score (nSPS) is 13.4. The van der Waals surface area contributed by atoms with Crippen LogP contribution in [0.25, 0.3) is 10.9 Å². The van der Waals surface area contributed by atoms with Crippen molar-refractivity contribution in [1.29, 1.82) is 0 Å². The van der Waals surface area contributed by atoms with Gasteiger partial charge in [0.25, 0.3) is 0 Å². The van der Waals surface area contributed by atoms with Crippen molar-refractivity contribution >= 4 is 22.8 Å². The quantitative estimate of drug-likeness (QED) is 0.706. The lowest BCUT2D eigenvalue weighted by Gasteiger charge is -2.22. The maximum absolute atomic E-state index is 12.1. The molecule has 0 spiro atoms. The first kappa shape index (κ1) is 19.0. The molecule has 25 heavy (non-hydrogen) atoms. The van der Waals surface area contributed by atoms with Gasteiger partial charge in [-0.1, -0.05) is 12.1 Å². The maximum Gasteiger partial charge on any atom is 0.323 e. The van der Waals surface area contributed by atoms with E-state index in [4.69, 9.17) is 19.9 Å². The van der Waals surface area contributed by atoms with Crippen molar-refractivity contribution in [2.24, 2.45) is 5.73 Å². The molecule has 0 saturated carbocycles. The van der Waals surface area contributed by atoms with Crippen LogP contribution in [-0.4, -0.2) is 43.3 Å². The summed E-state index contributed by atoms with van der Waals surface area (Å²) in [5.41, 5.74) is 8.67. The third kappa shape index (κ3) is 4.37. The number of H-pyrrole nitrogens is 1. The third-order valence-corrected chi connectivity index (χ3v) is 3.99. The number of esters is 2. The summed E-state index contributed by atoms with van der Waals surface area (Å²) in [5.74, 6) is -1.22. The summed E-state index contributed by atoms with van der Waals surface area (Å²) in [6, 6.07) is 4.80. The highest BCUT2D eigenvalue weighted by molar-refractivity contribution is 5.88. The Hall–Kier alpha value is -2.38. The number of aromatic amines is 1. The number of ether oxygens (including phenoxy) is 3. The number of carbonyl (C=O) groups is 2. The molecule has 3 N–H and O–H groups in total. The van der Waals surface area contributed by atoms with E-state index in [0.29, 0.717) is 0 Å². The zero-order chi connectivity index (χ0) is 18.4. The predicted molar refractivity (Wildman–Crippen MR) is 93.0 cm³/mol. The average molecular weight is 348 g/mol. The summed E-state index contributed by atoms with van der Waals surface area (Å²) < 4.78 is 15.5. The largest absolute Gasteiger partial charge is 0.465 e. The first-order valence-corrected chi connectivity index (χ1v) is 8.13. The van der Waals surface area contributed by atoms with Crippen LogP contribution in [0, 0.1) is 0 Å². The molecule has 0 bridgehead atoms. The van der Waals surface area contributed by atoms with E-state index in [1.54, 1.807) is 14.0 Å². The molecule has 136 valence electrons. The summed E-state index contributed by atoms with van der Waals surface area (Å²) in [5, 5.41) is 0.880. The monoisotopic (exact) mass is 348 g/mol. The first-order chi connectivity index (χ1) is 12.0. The molecule has 0 aliphatic rings. The van der Waals surface area contributed by atoms with Gasteiger partial charge in [0.1, 0.15) is 12.6 Å². The number of hydrogen-bond donors (Lipinski definition) is 2. The Kier molecular flexibility index (Phi) is 6.55. The van der Waals surface area contributed by atoms with Gasteiger partial charge in [-0.25, -0.2) is 0 Å². The number of carbonyl (C=O) groups excluding carboxylic acids is 2. The fourth-order valence-corrected chi connectivity index (χ4v) is 2.85. The van der Waals surface area contributed by atoms with E-state index in [9.17, 15) is 9.59 Å². The van der Waals surface area contributed by atoms with E-state index in [0.717, 1.165) is 22.0 Å². The Bertz CT molecular complexity index is 740. The van der Waals surface area contributed by atoms with Gasteiger partial charge in [0.2, 0.25) is 0 Å². The van der Waals surface area contributed by atoms with Crippen molar-refractivity contribution in [2.45, 2.75) is 32.4 Å². The number of hydrogen-bond acceptors (Lipinski definition) is 6.